The predicted octanol–water partition coefficient (Wildman–Crippen LogP) is 6.00. The molecule has 0 spiro atoms. The number of unbranched alkanes of at least 4 members (excludes halogenated alkanes) is 1. The van der Waals surface area contributed by atoms with Crippen LogP contribution < -0.4 is 5.56 Å². The zero-order valence-electron chi connectivity index (χ0n) is 19.9. The van der Waals surface area contributed by atoms with Gasteiger partial charge in [0.05, 0.1) is 16.3 Å². The van der Waals surface area contributed by atoms with E-state index in [1.165, 1.54) is 32.1 Å². The zero-order chi connectivity index (χ0) is 26.9. The van der Waals surface area contributed by atoms with Crippen LogP contribution in [-0.2, 0) is 24.3 Å². The quantitative estimate of drug-likeness (QED) is 0.389. The van der Waals surface area contributed by atoms with E-state index in [1.807, 2.05) is 0 Å². The molecule has 0 unspecified atom stereocenters. The van der Waals surface area contributed by atoms with Crippen molar-refractivity contribution >= 4 is 35.5 Å². The summed E-state index contributed by atoms with van der Waals surface area (Å²) in [5.41, 5.74) is 1.77. The fraction of sp³-hybridized carbons (Fsp3) is 0.480. The lowest BCUT2D eigenvalue weighted by Gasteiger charge is -2.26. The van der Waals surface area contributed by atoms with Crippen molar-refractivity contribution in [2.24, 2.45) is 0 Å². The highest BCUT2D eigenvalue weighted by Gasteiger charge is 2.26. The van der Waals surface area contributed by atoms with Gasteiger partial charge in [0, 0.05) is 19.1 Å². The second kappa shape index (κ2) is 13.8. The monoisotopic (exact) mass is 548 g/mol. The van der Waals surface area contributed by atoms with E-state index in [0.29, 0.717) is 30.6 Å². The minimum Gasteiger partial charge on any atom is -0.478 e. The molecular weight excluding hydrogens is 520 g/mol. The number of aryl methyl sites for hydroxylation is 1. The number of pyridine rings is 1. The van der Waals surface area contributed by atoms with Crippen LogP contribution in [0.3, 0.4) is 0 Å². The van der Waals surface area contributed by atoms with Crippen LogP contribution in [0.5, 0.6) is 0 Å². The van der Waals surface area contributed by atoms with Gasteiger partial charge in [-0.2, -0.15) is 13.2 Å². The molecule has 1 aliphatic heterocycles. The molecular formula is C25H29Cl2F3N2O4. The lowest BCUT2D eigenvalue weighted by atomic mass is 10.1. The van der Waals surface area contributed by atoms with Crippen molar-refractivity contribution in [1.29, 1.82) is 0 Å². The minimum atomic E-state index is -4.64. The van der Waals surface area contributed by atoms with Gasteiger partial charge in [0.25, 0.3) is 5.56 Å². The van der Waals surface area contributed by atoms with E-state index in [-0.39, 0.29) is 16.1 Å². The molecule has 1 aliphatic rings. The maximum atomic E-state index is 12.8. The number of aldehydes is 1. The topological polar surface area (TPSA) is 79.6 Å². The number of likely N-dealkylation sites (tertiary alicyclic amines) is 1. The molecule has 1 fully saturated rings. The highest BCUT2D eigenvalue weighted by atomic mass is 35.5. The van der Waals surface area contributed by atoms with Crippen LogP contribution in [0.15, 0.2) is 35.1 Å². The van der Waals surface area contributed by atoms with Gasteiger partial charge in [0.15, 0.2) is 0 Å². The molecule has 0 saturated carbocycles. The Hall–Kier alpha value is -2.36. The van der Waals surface area contributed by atoms with Crippen LogP contribution in [-0.4, -0.2) is 45.6 Å². The van der Waals surface area contributed by atoms with Gasteiger partial charge in [-0.3, -0.25) is 14.5 Å². The zero-order valence-corrected chi connectivity index (χ0v) is 21.4. The largest absolute Gasteiger partial charge is 0.478 e. The van der Waals surface area contributed by atoms with Crippen molar-refractivity contribution in [2.75, 3.05) is 6.54 Å². The first-order chi connectivity index (χ1) is 17.0. The molecule has 2 aromatic rings. The summed E-state index contributed by atoms with van der Waals surface area (Å²) in [6, 6.07) is 8.80. The number of hydrogen-bond acceptors (Lipinski definition) is 4. The van der Waals surface area contributed by atoms with Gasteiger partial charge in [-0.1, -0.05) is 55.1 Å². The van der Waals surface area contributed by atoms with Crippen molar-refractivity contribution in [2.45, 2.75) is 70.8 Å². The van der Waals surface area contributed by atoms with Crippen molar-refractivity contribution in [3.05, 3.63) is 67.6 Å². The van der Waals surface area contributed by atoms with Crippen LogP contribution in [0.25, 0.3) is 0 Å². The highest BCUT2D eigenvalue weighted by molar-refractivity contribution is 6.34. The number of benzene rings is 1. The van der Waals surface area contributed by atoms with E-state index < -0.39 is 18.4 Å². The molecule has 2 heterocycles. The summed E-state index contributed by atoms with van der Waals surface area (Å²) >= 11 is 12.7. The molecule has 0 radical (unpaired) electrons. The van der Waals surface area contributed by atoms with Crippen LogP contribution in [0.4, 0.5) is 13.2 Å². The molecule has 0 amide bonds. The fourth-order valence-corrected chi connectivity index (χ4v) is 4.69. The fourth-order valence-electron chi connectivity index (χ4n) is 4.15. The molecule has 0 aliphatic carbocycles. The highest BCUT2D eigenvalue weighted by Crippen LogP contribution is 2.27. The predicted molar refractivity (Wildman–Crippen MR) is 133 cm³/mol. The molecule has 198 valence electrons. The van der Waals surface area contributed by atoms with Gasteiger partial charge in [0.2, 0.25) is 6.29 Å². The van der Waals surface area contributed by atoms with Gasteiger partial charge in [-0.25, -0.2) is 4.79 Å². The number of carboxylic acids is 1. The Kier molecular flexibility index (Phi) is 11.5. The molecule has 3 rings (SSSR count). The summed E-state index contributed by atoms with van der Waals surface area (Å²) < 4.78 is 32.9. The first kappa shape index (κ1) is 29.9. The number of rotatable bonds is 9. The number of halogens is 5. The summed E-state index contributed by atoms with van der Waals surface area (Å²) in [5.74, 6) is -0.954. The van der Waals surface area contributed by atoms with Gasteiger partial charge in [-0.05, 0) is 56.0 Å². The minimum absolute atomic E-state index is 0.119. The van der Waals surface area contributed by atoms with Gasteiger partial charge >= 0.3 is 12.1 Å². The van der Waals surface area contributed by atoms with E-state index in [0.717, 1.165) is 17.8 Å². The Bertz CT molecular complexity index is 1090. The summed E-state index contributed by atoms with van der Waals surface area (Å²) in [6.45, 7) is 4.29. The van der Waals surface area contributed by atoms with E-state index in [4.69, 9.17) is 33.1 Å². The number of aromatic nitrogens is 1. The third-order valence-electron chi connectivity index (χ3n) is 6.01. The molecule has 11 heteroatoms. The maximum Gasteiger partial charge on any atom is 0.446 e. The number of nitrogens with zero attached hydrogens (tertiary/aromatic N) is 2. The van der Waals surface area contributed by atoms with Gasteiger partial charge in [0.1, 0.15) is 5.02 Å². The van der Waals surface area contributed by atoms with Crippen molar-refractivity contribution in [1.82, 2.24) is 9.47 Å². The number of carboxylic acid groups (broad SMARTS) is 1. The second-order valence-electron chi connectivity index (χ2n) is 8.56. The Morgan fingerprint density at radius 2 is 1.83 bits per heavy atom. The summed E-state index contributed by atoms with van der Waals surface area (Å²) in [4.78, 5) is 35.0. The number of carbonyl (C=O) groups excluding carboxylic acids is 1. The Morgan fingerprint density at radius 3 is 2.39 bits per heavy atom. The third kappa shape index (κ3) is 8.94. The Balaban J connectivity index is 0.000000678. The van der Waals surface area contributed by atoms with Crippen LogP contribution in [0, 0.1) is 0 Å². The molecule has 1 aromatic heterocycles. The average molecular weight is 549 g/mol. The molecule has 1 atom stereocenters. The first-order valence-corrected chi connectivity index (χ1v) is 12.4. The lowest BCUT2D eigenvalue weighted by Crippen LogP contribution is -2.33. The van der Waals surface area contributed by atoms with Crippen LogP contribution >= 0.6 is 23.2 Å². The van der Waals surface area contributed by atoms with Crippen LogP contribution in [0.1, 0.15) is 60.6 Å². The van der Waals surface area contributed by atoms with Gasteiger partial charge in [-0.15, -0.1) is 0 Å². The third-order valence-corrected chi connectivity index (χ3v) is 6.60. The van der Waals surface area contributed by atoms with Gasteiger partial charge < -0.3 is 9.67 Å². The van der Waals surface area contributed by atoms with Crippen molar-refractivity contribution in [3.63, 3.8) is 0 Å². The number of hydrogen-bond donors (Lipinski definition) is 1. The van der Waals surface area contributed by atoms with E-state index in [2.05, 4.69) is 11.8 Å². The standard InChI is InChI=1S/C23H28Cl2N2O3.C2HF3O/c1-2-3-5-18-6-4-12-26(18)15-21-19(24)14-20(25)22(28)27(21)13-11-16-7-9-17(10-8-16)23(29)30;3-2(4,5)1-6/h7-10,14,18H,2-6,11-13,15H2,1H3,(H,29,30);1H/t18-;/m0./s1. The second-order valence-corrected chi connectivity index (χ2v) is 9.38. The average Bonchev–Trinajstić information content (AvgIpc) is 3.28. The molecule has 6 nitrogen and oxygen atoms in total. The molecule has 1 N–H and O–H groups in total. The van der Waals surface area contributed by atoms with E-state index >= 15 is 0 Å². The number of carbonyl (C=O) groups is 2. The SMILES string of the molecule is CCCC[C@H]1CCCN1Cc1c(Cl)cc(Cl)c(=O)n1CCc1ccc(C(=O)O)cc1.O=CC(F)(F)F. The van der Waals surface area contributed by atoms with Crippen LogP contribution in [0.2, 0.25) is 10.0 Å². The van der Waals surface area contributed by atoms with Crippen molar-refractivity contribution in [3.8, 4) is 0 Å². The van der Waals surface area contributed by atoms with E-state index in [9.17, 15) is 22.8 Å². The molecule has 1 saturated heterocycles. The molecule has 1 aromatic carbocycles. The molecule has 36 heavy (non-hydrogen) atoms. The Morgan fingerprint density at radius 1 is 1.19 bits per heavy atom. The van der Waals surface area contributed by atoms with E-state index in [1.54, 1.807) is 34.9 Å². The number of aromatic carboxylic acids is 1. The summed E-state index contributed by atoms with van der Waals surface area (Å²) in [5, 5.41) is 9.68. The smallest absolute Gasteiger partial charge is 0.446 e. The number of alkyl halides is 3. The summed E-state index contributed by atoms with van der Waals surface area (Å²) in [6.07, 6.45) is 0.787. The van der Waals surface area contributed by atoms with Crippen molar-refractivity contribution < 1.29 is 27.9 Å². The molecule has 0 bridgehead atoms. The normalized spacial score (nSPS) is 15.9. The first-order valence-electron chi connectivity index (χ1n) is 11.6. The Labute approximate surface area is 217 Å². The maximum absolute atomic E-state index is 12.8. The lowest BCUT2D eigenvalue weighted by molar-refractivity contribution is -0.156. The summed E-state index contributed by atoms with van der Waals surface area (Å²) in [7, 11) is 0.